The number of alkyl halides is 3. The largest absolute Gasteiger partial charge is 0.433 e. The fourth-order valence-corrected chi connectivity index (χ4v) is 1.89. The minimum atomic E-state index is -4.34. The summed E-state index contributed by atoms with van der Waals surface area (Å²) < 4.78 is 36.5. The van der Waals surface area contributed by atoms with Crippen molar-refractivity contribution >= 4 is 0 Å². The Bertz CT molecular complexity index is 620. The number of hydrogen-bond acceptors (Lipinski definition) is 2. The highest BCUT2D eigenvalue weighted by Gasteiger charge is 2.32. The quantitative estimate of drug-likeness (QED) is 0.704. The molecular formula is C18H23F3N2. The molecule has 0 N–H and O–H groups in total. The van der Waals surface area contributed by atoms with Crippen LogP contribution in [0, 0.1) is 6.92 Å². The van der Waals surface area contributed by atoms with Crippen LogP contribution in [0.3, 0.4) is 0 Å². The Hall–Kier alpha value is -1.91. The van der Waals surface area contributed by atoms with Crippen molar-refractivity contribution in [3.8, 4) is 0 Å². The van der Waals surface area contributed by atoms with E-state index in [0.717, 1.165) is 11.8 Å². The number of pyridine rings is 2. The molecule has 126 valence electrons. The predicted octanol–water partition coefficient (Wildman–Crippen LogP) is 5.74. The lowest BCUT2D eigenvalue weighted by molar-refractivity contribution is -0.141. The van der Waals surface area contributed by atoms with Gasteiger partial charge in [-0.3, -0.25) is 9.97 Å². The van der Waals surface area contributed by atoms with E-state index in [4.69, 9.17) is 0 Å². The number of hydrogen-bond donors (Lipinski definition) is 0. The summed E-state index contributed by atoms with van der Waals surface area (Å²) in [5.41, 5.74) is 2.31. The number of nitrogens with zero attached hydrogens (tertiary/aromatic N) is 2. The van der Waals surface area contributed by atoms with Gasteiger partial charge in [0.05, 0.1) is 0 Å². The van der Waals surface area contributed by atoms with Gasteiger partial charge in [0.25, 0.3) is 0 Å². The van der Waals surface area contributed by atoms with Crippen molar-refractivity contribution in [1.82, 2.24) is 9.97 Å². The summed E-state index contributed by atoms with van der Waals surface area (Å²) in [7, 11) is 0. The van der Waals surface area contributed by atoms with E-state index in [2.05, 4.69) is 35.9 Å². The summed E-state index contributed by atoms with van der Waals surface area (Å²) in [6, 6.07) is 6.88. The summed E-state index contributed by atoms with van der Waals surface area (Å²) in [6.07, 6.45) is -1.28. The van der Waals surface area contributed by atoms with E-state index in [-0.39, 0.29) is 5.92 Å². The van der Waals surface area contributed by atoms with Crippen LogP contribution < -0.4 is 0 Å². The van der Waals surface area contributed by atoms with Crippen LogP contribution in [0.25, 0.3) is 0 Å². The van der Waals surface area contributed by atoms with Gasteiger partial charge in [0, 0.05) is 18.1 Å². The first-order chi connectivity index (χ1) is 10.6. The monoisotopic (exact) mass is 324 g/mol. The lowest BCUT2D eigenvalue weighted by Gasteiger charge is -2.09. The van der Waals surface area contributed by atoms with E-state index in [9.17, 15) is 13.2 Å². The molecule has 0 spiro atoms. The average Bonchev–Trinajstić information content (AvgIpc) is 2.47. The van der Waals surface area contributed by atoms with E-state index < -0.39 is 11.9 Å². The maximum atomic E-state index is 12.2. The molecular weight excluding hydrogens is 301 g/mol. The second kappa shape index (κ2) is 8.09. The lowest BCUT2D eigenvalue weighted by atomic mass is 10.0. The molecule has 0 radical (unpaired) electrons. The Kier molecular flexibility index (Phi) is 6.73. The molecule has 2 rings (SSSR count). The van der Waals surface area contributed by atoms with Crippen LogP contribution in [-0.4, -0.2) is 9.97 Å². The normalized spacial score (nSPS) is 11.4. The molecule has 0 atom stereocenters. The molecule has 2 heterocycles. The van der Waals surface area contributed by atoms with Gasteiger partial charge in [-0.2, -0.15) is 13.2 Å². The van der Waals surface area contributed by atoms with Crippen LogP contribution in [-0.2, 0) is 6.18 Å². The molecule has 2 nitrogen and oxygen atoms in total. The molecule has 0 bridgehead atoms. The van der Waals surface area contributed by atoms with Gasteiger partial charge in [-0.15, -0.1) is 0 Å². The molecule has 0 aliphatic carbocycles. The molecule has 2 aromatic heterocycles. The van der Waals surface area contributed by atoms with Crippen molar-refractivity contribution in [2.24, 2.45) is 0 Å². The number of halogens is 3. The van der Waals surface area contributed by atoms with E-state index in [0.29, 0.717) is 11.5 Å². The average molecular weight is 324 g/mol. The zero-order valence-electron chi connectivity index (χ0n) is 14.1. The Morgan fingerprint density at radius 3 is 1.70 bits per heavy atom. The summed E-state index contributed by atoms with van der Waals surface area (Å²) in [4.78, 5) is 7.39. The van der Waals surface area contributed by atoms with Gasteiger partial charge in [-0.05, 0) is 54.2 Å². The summed E-state index contributed by atoms with van der Waals surface area (Å²) in [5, 5.41) is 0. The molecule has 0 aliphatic heterocycles. The first kappa shape index (κ1) is 19.1. The van der Waals surface area contributed by atoms with Crippen molar-refractivity contribution in [2.45, 2.75) is 52.6 Å². The third-order valence-corrected chi connectivity index (χ3v) is 3.33. The van der Waals surface area contributed by atoms with Gasteiger partial charge >= 0.3 is 6.18 Å². The van der Waals surface area contributed by atoms with Crippen LogP contribution in [0.5, 0.6) is 0 Å². The molecule has 2 aromatic rings. The van der Waals surface area contributed by atoms with Crippen LogP contribution in [0.15, 0.2) is 36.7 Å². The molecule has 5 heteroatoms. The van der Waals surface area contributed by atoms with E-state index in [1.54, 1.807) is 6.07 Å². The van der Waals surface area contributed by atoms with Crippen molar-refractivity contribution in [3.63, 3.8) is 0 Å². The summed E-state index contributed by atoms with van der Waals surface area (Å²) >= 11 is 0. The Morgan fingerprint density at radius 2 is 1.30 bits per heavy atom. The first-order valence-electron chi connectivity index (χ1n) is 7.57. The van der Waals surface area contributed by atoms with Gasteiger partial charge in [0.15, 0.2) is 0 Å². The van der Waals surface area contributed by atoms with Crippen molar-refractivity contribution in [2.75, 3.05) is 0 Å². The Morgan fingerprint density at radius 1 is 0.826 bits per heavy atom. The molecule has 0 unspecified atom stereocenters. The van der Waals surface area contributed by atoms with Gasteiger partial charge in [0.1, 0.15) is 5.69 Å². The highest BCUT2D eigenvalue weighted by Crippen LogP contribution is 2.29. The molecule has 0 fully saturated rings. The van der Waals surface area contributed by atoms with Crippen molar-refractivity contribution in [1.29, 1.82) is 0 Å². The molecule has 0 saturated carbocycles. The molecule has 0 aliphatic rings. The van der Waals surface area contributed by atoms with Gasteiger partial charge in [-0.25, -0.2) is 0 Å². The molecule has 0 aromatic carbocycles. The Balaban J connectivity index is 0.000000238. The topological polar surface area (TPSA) is 25.8 Å². The predicted molar refractivity (Wildman–Crippen MR) is 86.4 cm³/mol. The Labute approximate surface area is 135 Å². The van der Waals surface area contributed by atoms with Crippen LogP contribution in [0.4, 0.5) is 13.2 Å². The summed E-state index contributed by atoms with van der Waals surface area (Å²) in [6.45, 7) is 10.1. The number of rotatable bonds is 2. The molecule has 0 amide bonds. The fourth-order valence-electron chi connectivity index (χ4n) is 1.89. The van der Waals surface area contributed by atoms with Crippen LogP contribution in [0.2, 0.25) is 0 Å². The highest BCUT2D eigenvalue weighted by atomic mass is 19.4. The van der Waals surface area contributed by atoms with Crippen molar-refractivity contribution in [3.05, 3.63) is 59.2 Å². The third kappa shape index (κ3) is 6.38. The van der Waals surface area contributed by atoms with Crippen LogP contribution in [0.1, 0.15) is 62.0 Å². The minimum Gasteiger partial charge on any atom is -0.262 e. The lowest BCUT2D eigenvalue weighted by Crippen LogP contribution is -2.08. The highest BCUT2D eigenvalue weighted by molar-refractivity contribution is 5.21. The smallest absolute Gasteiger partial charge is 0.262 e. The zero-order valence-corrected chi connectivity index (χ0v) is 14.1. The fraction of sp³-hybridized carbons (Fsp3) is 0.444. The van der Waals surface area contributed by atoms with Gasteiger partial charge in [-0.1, -0.05) is 27.7 Å². The van der Waals surface area contributed by atoms with Gasteiger partial charge < -0.3 is 0 Å². The second-order valence-electron chi connectivity index (χ2n) is 6.01. The molecule has 0 saturated heterocycles. The second-order valence-corrected chi connectivity index (χ2v) is 6.01. The molecule has 23 heavy (non-hydrogen) atoms. The first-order valence-corrected chi connectivity index (χ1v) is 7.57. The maximum absolute atomic E-state index is 12.2. The van der Waals surface area contributed by atoms with Crippen LogP contribution >= 0.6 is 0 Å². The van der Waals surface area contributed by atoms with E-state index in [1.165, 1.54) is 11.8 Å². The maximum Gasteiger partial charge on any atom is 0.433 e. The minimum absolute atomic E-state index is 0.0871. The number of aryl methyl sites for hydroxylation is 1. The van der Waals surface area contributed by atoms with E-state index >= 15 is 0 Å². The number of aromatic nitrogens is 2. The standard InChI is InChI=1S/C9H10F3N.C9H13N/c1-6(2)7-3-4-13-8(5-7)9(10,11)12;1-7(2)9-4-5-10-8(3)6-9/h3-6H,1-2H3;4-7H,1-3H3. The van der Waals surface area contributed by atoms with Gasteiger partial charge in [0.2, 0.25) is 0 Å². The summed E-state index contributed by atoms with van der Waals surface area (Å²) in [5.74, 6) is 0.700. The van der Waals surface area contributed by atoms with E-state index in [1.807, 2.05) is 27.0 Å². The SMILES string of the molecule is CC(C)c1ccnc(C(F)(F)F)c1.Cc1cc(C(C)C)ccn1. The van der Waals surface area contributed by atoms with Crippen molar-refractivity contribution < 1.29 is 13.2 Å². The third-order valence-electron chi connectivity index (χ3n) is 3.33. The zero-order chi connectivity index (χ0) is 17.6.